The third-order valence-electron chi connectivity index (χ3n) is 3.61. The molecule has 1 heterocycles. The van der Waals surface area contributed by atoms with Crippen LogP contribution in [-0.4, -0.2) is 42.8 Å². The molecule has 7 nitrogen and oxygen atoms in total. The van der Waals surface area contributed by atoms with E-state index in [0.717, 1.165) is 0 Å². The van der Waals surface area contributed by atoms with Crippen LogP contribution in [0.4, 0.5) is 5.69 Å². The van der Waals surface area contributed by atoms with Gasteiger partial charge in [0.1, 0.15) is 5.69 Å². The first kappa shape index (κ1) is 19.3. The van der Waals surface area contributed by atoms with E-state index in [1.165, 1.54) is 19.2 Å². The van der Waals surface area contributed by atoms with Crippen LogP contribution in [0.25, 0.3) is 0 Å². The lowest BCUT2D eigenvalue weighted by Gasteiger charge is -2.08. The van der Waals surface area contributed by atoms with Crippen LogP contribution in [0.1, 0.15) is 44.5 Å². The molecule has 0 bridgehead atoms. The second kappa shape index (κ2) is 9.43. The number of nitrogens with one attached hydrogen (secondary N) is 2. The lowest BCUT2D eigenvalue weighted by Crippen LogP contribution is -2.25. The van der Waals surface area contributed by atoms with E-state index in [-0.39, 0.29) is 17.4 Å². The highest BCUT2D eigenvalue weighted by Gasteiger charge is 2.12. The molecule has 1 aromatic carbocycles. The summed E-state index contributed by atoms with van der Waals surface area (Å²) >= 11 is 0. The fourth-order valence-electron chi connectivity index (χ4n) is 2.20. The van der Waals surface area contributed by atoms with Crippen molar-refractivity contribution in [1.82, 2.24) is 10.3 Å². The maximum atomic E-state index is 12.3. The number of anilines is 1. The summed E-state index contributed by atoms with van der Waals surface area (Å²) in [6, 6.07) is 9.53. The summed E-state index contributed by atoms with van der Waals surface area (Å²) in [7, 11) is 1.60. The molecule has 1 aromatic heterocycles. The second-order valence-corrected chi connectivity index (χ2v) is 5.62. The zero-order valence-electron chi connectivity index (χ0n) is 14.7. The zero-order chi connectivity index (χ0) is 18.9. The molecule has 0 aliphatic rings. The van der Waals surface area contributed by atoms with Gasteiger partial charge in [-0.25, -0.2) is 0 Å². The highest BCUT2D eigenvalue weighted by molar-refractivity contribution is 6.05. The Morgan fingerprint density at radius 3 is 2.42 bits per heavy atom. The van der Waals surface area contributed by atoms with Crippen LogP contribution >= 0.6 is 0 Å². The Hall–Kier alpha value is -3.06. The zero-order valence-corrected chi connectivity index (χ0v) is 14.7. The molecule has 0 atom stereocenters. The highest BCUT2D eigenvalue weighted by Crippen LogP contribution is 2.12. The van der Waals surface area contributed by atoms with Crippen molar-refractivity contribution in [3.63, 3.8) is 0 Å². The average Bonchev–Trinajstić information content (AvgIpc) is 2.65. The third kappa shape index (κ3) is 5.49. The molecule has 0 saturated heterocycles. The number of hydrogen-bond donors (Lipinski definition) is 2. The van der Waals surface area contributed by atoms with E-state index in [2.05, 4.69) is 15.6 Å². The van der Waals surface area contributed by atoms with E-state index in [1.54, 1.807) is 37.4 Å². The van der Waals surface area contributed by atoms with Crippen LogP contribution in [0.5, 0.6) is 0 Å². The van der Waals surface area contributed by atoms with Crippen molar-refractivity contribution in [2.75, 3.05) is 25.6 Å². The van der Waals surface area contributed by atoms with Crippen LogP contribution in [0, 0.1) is 0 Å². The van der Waals surface area contributed by atoms with E-state index >= 15 is 0 Å². The van der Waals surface area contributed by atoms with Gasteiger partial charge in [-0.2, -0.15) is 0 Å². The van der Waals surface area contributed by atoms with Crippen LogP contribution < -0.4 is 10.6 Å². The first-order valence-electron chi connectivity index (χ1n) is 8.17. The Morgan fingerprint density at radius 2 is 1.77 bits per heavy atom. The number of pyridine rings is 1. The Labute approximate surface area is 151 Å². The molecule has 0 spiro atoms. The smallest absolute Gasteiger partial charge is 0.274 e. The van der Waals surface area contributed by atoms with Gasteiger partial charge in [0, 0.05) is 43.3 Å². The predicted molar refractivity (Wildman–Crippen MR) is 97.5 cm³/mol. The van der Waals surface area contributed by atoms with Crippen LogP contribution in [0.3, 0.4) is 0 Å². The molecule has 2 aromatic rings. The molecule has 2 amide bonds. The summed E-state index contributed by atoms with van der Waals surface area (Å²) in [6.07, 6.45) is 2.12. The predicted octanol–water partition coefficient (Wildman–Crippen LogP) is 2.30. The summed E-state index contributed by atoms with van der Waals surface area (Å²) in [6.45, 7) is 2.52. The molecule has 0 unspecified atom stereocenters. The molecule has 0 aliphatic heterocycles. The van der Waals surface area contributed by atoms with Gasteiger partial charge in [0.05, 0.1) is 0 Å². The van der Waals surface area contributed by atoms with Gasteiger partial charge < -0.3 is 15.4 Å². The molecular weight excluding hydrogens is 334 g/mol. The molecule has 0 aliphatic carbocycles. The van der Waals surface area contributed by atoms with Gasteiger partial charge >= 0.3 is 0 Å². The number of amides is 2. The molecule has 136 valence electrons. The number of aromatic nitrogens is 1. The number of hydrogen-bond acceptors (Lipinski definition) is 5. The summed E-state index contributed by atoms with van der Waals surface area (Å²) in [5.41, 5.74) is 1.59. The average molecular weight is 355 g/mol. The summed E-state index contributed by atoms with van der Waals surface area (Å²) < 4.78 is 4.92. The Balaban J connectivity index is 2.00. The van der Waals surface area contributed by atoms with Crippen molar-refractivity contribution in [2.24, 2.45) is 0 Å². The number of benzene rings is 1. The monoisotopic (exact) mass is 355 g/mol. The Kier molecular flexibility index (Phi) is 6.99. The largest absolute Gasteiger partial charge is 0.385 e. The molecule has 0 radical (unpaired) electrons. The normalized spacial score (nSPS) is 10.2. The van der Waals surface area contributed by atoms with Crippen molar-refractivity contribution in [3.05, 3.63) is 59.4 Å². The van der Waals surface area contributed by atoms with E-state index in [4.69, 9.17) is 4.74 Å². The first-order chi connectivity index (χ1) is 12.5. The molecule has 0 saturated carbocycles. The van der Waals surface area contributed by atoms with Crippen molar-refractivity contribution in [3.8, 4) is 0 Å². The van der Waals surface area contributed by atoms with E-state index in [1.807, 2.05) is 0 Å². The molecule has 2 N–H and O–H groups in total. The number of rotatable bonds is 8. The van der Waals surface area contributed by atoms with Gasteiger partial charge in [-0.15, -0.1) is 0 Å². The van der Waals surface area contributed by atoms with Crippen LogP contribution in [0.15, 0.2) is 42.6 Å². The lowest BCUT2D eigenvalue weighted by atomic mass is 10.1. The number of ketones is 1. The minimum absolute atomic E-state index is 0.0474. The minimum Gasteiger partial charge on any atom is -0.385 e. The van der Waals surface area contributed by atoms with Crippen molar-refractivity contribution in [2.45, 2.75) is 13.3 Å². The fraction of sp³-hybridized carbons (Fsp3) is 0.263. The molecule has 2 rings (SSSR count). The number of carbonyl (C=O) groups excluding carboxylic acids is 3. The topological polar surface area (TPSA) is 97.4 Å². The number of ether oxygens (including phenoxy) is 1. The number of Topliss-reactive ketones (excluding diaryl/α,β-unsaturated/α-hetero) is 1. The van der Waals surface area contributed by atoms with Crippen LogP contribution in [0.2, 0.25) is 0 Å². The standard InChI is InChI=1S/C19H21N3O4/c1-13(23)14-4-6-16(7-5-14)22-19(25)17-12-15(8-10-20-17)18(24)21-9-3-11-26-2/h4-8,10,12H,3,9,11H2,1-2H3,(H,21,24)(H,22,25). The Bertz CT molecular complexity index is 788. The maximum Gasteiger partial charge on any atom is 0.274 e. The second-order valence-electron chi connectivity index (χ2n) is 5.62. The third-order valence-corrected chi connectivity index (χ3v) is 3.61. The van der Waals surface area contributed by atoms with Gasteiger partial charge in [-0.1, -0.05) is 0 Å². The summed E-state index contributed by atoms with van der Waals surface area (Å²) in [5.74, 6) is -0.758. The van der Waals surface area contributed by atoms with Crippen molar-refractivity contribution >= 4 is 23.3 Å². The van der Waals surface area contributed by atoms with Gasteiger partial charge in [-0.05, 0) is 49.7 Å². The van der Waals surface area contributed by atoms with E-state index in [9.17, 15) is 14.4 Å². The van der Waals surface area contributed by atoms with Crippen LogP contribution in [-0.2, 0) is 4.74 Å². The van der Waals surface area contributed by atoms with Gasteiger partial charge in [0.2, 0.25) is 0 Å². The maximum absolute atomic E-state index is 12.3. The molecular formula is C19H21N3O4. The summed E-state index contributed by atoms with van der Waals surface area (Å²) in [5, 5.41) is 5.45. The summed E-state index contributed by atoms with van der Waals surface area (Å²) in [4.78, 5) is 39.7. The van der Waals surface area contributed by atoms with Crippen molar-refractivity contribution < 1.29 is 19.1 Å². The lowest BCUT2D eigenvalue weighted by molar-refractivity contribution is 0.0947. The van der Waals surface area contributed by atoms with Gasteiger partial charge in [-0.3, -0.25) is 19.4 Å². The van der Waals surface area contributed by atoms with Crippen molar-refractivity contribution in [1.29, 1.82) is 0 Å². The number of nitrogens with zero attached hydrogens (tertiary/aromatic N) is 1. The molecule has 7 heteroatoms. The van der Waals surface area contributed by atoms with E-state index in [0.29, 0.717) is 36.4 Å². The van der Waals surface area contributed by atoms with E-state index < -0.39 is 5.91 Å². The molecule has 0 fully saturated rings. The first-order valence-corrected chi connectivity index (χ1v) is 8.17. The number of methoxy groups -OCH3 is 1. The fourth-order valence-corrected chi connectivity index (χ4v) is 2.20. The van der Waals surface area contributed by atoms with Gasteiger partial charge in [0.25, 0.3) is 11.8 Å². The molecule has 26 heavy (non-hydrogen) atoms. The SMILES string of the molecule is COCCCNC(=O)c1ccnc(C(=O)Nc2ccc(C(C)=O)cc2)c1. The minimum atomic E-state index is -0.436. The highest BCUT2D eigenvalue weighted by atomic mass is 16.5. The van der Waals surface area contributed by atoms with Gasteiger partial charge in [0.15, 0.2) is 5.78 Å². The number of carbonyl (C=O) groups is 3. The quantitative estimate of drug-likeness (QED) is 0.559. The Morgan fingerprint density at radius 1 is 1.04 bits per heavy atom.